The van der Waals surface area contributed by atoms with Crippen LogP contribution in [0.3, 0.4) is 0 Å². The molecule has 20 heavy (non-hydrogen) atoms. The summed E-state index contributed by atoms with van der Waals surface area (Å²) in [7, 11) is 2.15. The summed E-state index contributed by atoms with van der Waals surface area (Å²) in [5, 5.41) is 7.54. The Labute approximate surface area is 119 Å². The first-order valence-electron chi connectivity index (χ1n) is 7.50. The Morgan fingerprint density at radius 1 is 1.10 bits per heavy atom. The van der Waals surface area contributed by atoms with Gasteiger partial charge in [0, 0.05) is 39.3 Å². The van der Waals surface area contributed by atoms with Crippen molar-refractivity contribution >= 4 is 5.95 Å². The summed E-state index contributed by atoms with van der Waals surface area (Å²) in [5.41, 5.74) is 0. The smallest absolute Gasteiger partial charge is 0.266 e. The highest BCUT2D eigenvalue weighted by Gasteiger charge is 2.20. The molecule has 0 bridgehead atoms. The lowest BCUT2D eigenvalue weighted by molar-refractivity contribution is 0.239. The molecule has 2 fully saturated rings. The van der Waals surface area contributed by atoms with Crippen LogP contribution in [0.1, 0.15) is 12.3 Å². The molecule has 1 aromatic heterocycles. The third-order valence-electron chi connectivity index (χ3n) is 4.04. The number of rotatable bonds is 3. The standard InChI is InChI=1S/C13H24N6O/c1-17-7-9-19(10-8-17)13-15-12(20-16-13)11-18-5-2-3-14-4-6-18/h14H,2-11H2,1H3. The number of anilines is 1. The molecule has 7 nitrogen and oxygen atoms in total. The summed E-state index contributed by atoms with van der Waals surface area (Å²) in [6.45, 7) is 9.12. The zero-order valence-electron chi connectivity index (χ0n) is 12.2. The van der Waals surface area contributed by atoms with E-state index < -0.39 is 0 Å². The third-order valence-corrected chi connectivity index (χ3v) is 4.04. The van der Waals surface area contributed by atoms with Gasteiger partial charge in [-0.3, -0.25) is 4.90 Å². The second-order valence-electron chi connectivity index (χ2n) is 5.66. The highest BCUT2D eigenvalue weighted by molar-refractivity contribution is 5.28. The van der Waals surface area contributed by atoms with Crippen molar-refractivity contribution in [2.45, 2.75) is 13.0 Å². The molecule has 0 saturated carbocycles. The minimum absolute atomic E-state index is 0.737. The van der Waals surface area contributed by atoms with Gasteiger partial charge in [0.1, 0.15) is 0 Å². The fraction of sp³-hybridized carbons (Fsp3) is 0.846. The van der Waals surface area contributed by atoms with E-state index in [0.29, 0.717) is 0 Å². The zero-order valence-corrected chi connectivity index (χ0v) is 12.2. The van der Waals surface area contributed by atoms with Crippen LogP contribution < -0.4 is 10.2 Å². The maximum absolute atomic E-state index is 5.41. The number of nitrogens with one attached hydrogen (secondary N) is 1. The molecule has 2 aliphatic heterocycles. The van der Waals surface area contributed by atoms with Gasteiger partial charge in [0.05, 0.1) is 6.54 Å². The first-order valence-corrected chi connectivity index (χ1v) is 7.50. The van der Waals surface area contributed by atoms with Gasteiger partial charge in [-0.2, -0.15) is 4.98 Å². The minimum Gasteiger partial charge on any atom is -0.336 e. The van der Waals surface area contributed by atoms with E-state index in [1.54, 1.807) is 0 Å². The molecule has 2 aliphatic rings. The largest absolute Gasteiger partial charge is 0.336 e. The van der Waals surface area contributed by atoms with Crippen molar-refractivity contribution in [1.29, 1.82) is 0 Å². The molecule has 2 saturated heterocycles. The predicted octanol–water partition coefficient (Wildman–Crippen LogP) is -0.383. The van der Waals surface area contributed by atoms with Crippen molar-refractivity contribution in [3.8, 4) is 0 Å². The summed E-state index contributed by atoms with van der Waals surface area (Å²) in [4.78, 5) is 11.5. The van der Waals surface area contributed by atoms with Gasteiger partial charge in [-0.05, 0) is 31.7 Å². The van der Waals surface area contributed by atoms with Crippen LogP contribution in [-0.4, -0.2) is 79.3 Å². The number of aromatic nitrogens is 2. The topological polar surface area (TPSA) is 60.7 Å². The SMILES string of the molecule is CN1CCN(c2noc(CN3CCCNCC3)n2)CC1. The summed E-state index contributed by atoms with van der Waals surface area (Å²) in [5.74, 6) is 1.49. The highest BCUT2D eigenvalue weighted by Crippen LogP contribution is 2.13. The first kappa shape index (κ1) is 13.8. The van der Waals surface area contributed by atoms with E-state index in [2.05, 4.69) is 37.2 Å². The maximum atomic E-state index is 5.41. The van der Waals surface area contributed by atoms with Gasteiger partial charge < -0.3 is 19.6 Å². The lowest BCUT2D eigenvalue weighted by atomic mass is 10.3. The average molecular weight is 280 g/mol. The molecule has 3 heterocycles. The van der Waals surface area contributed by atoms with Crippen molar-refractivity contribution in [1.82, 2.24) is 25.3 Å². The van der Waals surface area contributed by atoms with Crippen LogP contribution in [0.25, 0.3) is 0 Å². The monoisotopic (exact) mass is 280 g/mol. The molecule has 7 heteroatoms. The zero-order chi connectivity index (χ0) is 13.8. The van der Waals surface area contributed by atoms with E-state index in [4.69, 9.17) is 4.52 Å². The first-order chi connectivity index (χ1) is 9.81. The van der Waals surface area contributed by atoms with E-state index in [9.17, 15) is 0 Å². The number of piperazine rings is 1. The van der Waals surface area contributed by atoms with Gasteiger partial charge in [-0.25, -0.2) is 0 Å². The van der Waals surface area contributed by atoms with Crippen LogP contribution in [0.5, 0.6) is 0 Å². The minimum atomic E-state index is 0.737. The lowest BCUT2D eigenvalue weighted by Gasteiger charge is -2.31. The van der Waals surface area contributed by atoms with Crippen LogP contribution in [-0.2, 0) is 6.54 Å². The van der Waals surface area contributed by atoms with Crippen LogP contribution >= 0.6 is 0 Å². The Morgan fingerprint density at radius 3 is 2.80 bits per heavy atom. The predicted molar refractivity (Wildman–Crippen MR) is 76.8 cm³/mol. The van der Waals surface area contributed by atoms with Crippen molar-refractivity contribution in [3.63, 3.8) is 0 Å². The Balaban J connectivity index is 1.56. The molecule has 0 spiro atoms. The highest BCUT2D eigenvalue weighted by atomic mass is 16.5. The molecule has 0 amide bonds. The van der Waals surface area contributed by atoms with Crippen LogP contribution in [0.2, 0.25) is 0 Å². The van der Waals surface area contributed by atoms with Crippen LogP contribution in [0.15, 0.2) is 4.52 Å². The van der Waals surface area contributed by atoms with Gasteiger partial charge in [0.2, 0.25) is 5.89 Å². The molecule has 0 atom stereocenters. The summed E-state index contributed by atoms with van der Waals surface area (Å²) in [6, 6.07) is 0. The Bertz CT molecular complexity index is 407. The molecule has 0 aliphatic carbocycles. The van der Waals surface area contributed by atoms with Crippen molar-refractivity contribution in [2.75, 3.05) is 64.3 Å². The number of hydrogen-bond acceptors (Lipinski definition) is 7. The molecule has 0 unspecified atom stereocenters. The van der Waals surface area contributed by atoms with Gasteiger partial charge >= 0.3 is 0 Å². The molecule has 1 aromatic rings. The van der Waals surface area contributed by atoms with Crippen LogP contribution in [0, 0.1) is 0 Å². The normalized spacial score (nSPS) is 22.9. The maximum Gasteiger partial charge on any atom is 0.266 e. The van der Waals surface area contributed by atoms with Crippen molar-refractivity contribution < 1.29 is 4.52 Å². The molecule has 0 radical (unpaired) electrons. The van der Waals surface area contributed by atoms with Gasteiger partial charge in [0.15, 0.2) is 0 Å². The fourth-order valence-corrected chi connectivity index (χ4v) is 2.70. The third kappa shape index (κ3) is 3.47. The van der Waals surface area contributed by atoms with E-state index in [1.807, 2.05) is 0 Å². The molecular formula is C13H24N6O. The summed E-state index contributed by atoms with van der Waals surface area (Å²) >= 11 is 0. The van der Waals surface area contributed by atoms with Crippen molar-refractivity contribution in [2.24, 2.45) is 0 Å². The average Bonchev–Trinajstić information content (AvgIpc) is 2.76. The molecule has 0 aromatic carbocycles. The van der Waals surface area contributed by atoms with Crippen LogP contribution in [0.4, 0.5) is 5.95 Å². The fourth-order valence-electron chi connectivity index (χ4n) is 2.70. The number of nitrogens with zero attached hydrogens (tertiary/aromatic N) is 5. The Kier molecular flexibility index (Phi) is 4.49. The Hall–Kier alpha value is -1.18. The quantitative estimate of drug-likeness (QED) is 0.809. The lowest BCUT2D eigenvalue weighted by Crippen LogP contribution is -2.44. The van der Waals surface area contributed by atoms with Gasteiger partial charge in [-0.15, -0.1) is 0 Å². The number of likely N-dealkylation sites (N-methyl/N-ethyl adjacent to an activating group) is 1. The van der Waals surface area contributed by atoms with Gasteiger partial charge in [0.25, 0.3) is 5.95 Å². The van der Waals surface area contributed by atoms with E-state index in [0.717, 1.165) is 70.7 Å². The second-order valence-corrected chi connectivity index (χ2v) is 5.66. The summed E-state index contributed by atoms with van der Waals surface area (Å²) in [6.07, 6.45) is 1.18. The van der Waals surface area contributed by atoms with E-state index in [1.165, 1.54) is 6.42 Å². The van der Waals surface area contributed by atoms with Gasteiger partial charge in [-0.1, -0.05) is 0 Å². The van der Waals surface area contributed by atoms with E-state index >= 15 is 0 Å². The summed E-state index contributed by atoms with van der Waals surface area (Å²) < 4.78 is 5.41. The molecule has 3 rings (SSSR count). The molecular weight excluding hydrogens is 256 g/mol. The molecule has 112 valence electrons. The van der Waals surface area contributed by atoms with Crippen molar-refractivity contribution in [3.05, 3.63) is 5.89 Å². The molecule has 1 N–H and O–H groups in total. The second kappa shape index (κ2) is 6.51. The van der Waals surface area contributed by atoms with E-state index in [-0.39, 0.29) is 0 Å². The number of hydrogen-bond donors (Lipinski definition) is 1. The Morgan fingerprint density at radius 2 is 1.95 bits per heavy atom.